The fraction of sp³-hybridized carbons (Fsp3) is 1.00. The highest BCUT2D eigenvalue weighted by molar-refractivity contribution is 4.34. The Balaban J connectivity index is 0. The molecule has 0 radical (unpaired) electrons. The Morgan fingerprint density at radius 3 is 1.86 bits per heavy atom. The molecule has 0 fully saturated rings. The summed E-state index contributed by atoms with van der Waals surface area (Å²) < 4.78 is 0. The summed E-state index contributed by atoms with van der Waals surface area (Å²) in [7, 11) is 3.85. The third-order valence-corrected chi connectivity index (χ3v) is 0.547. The molecule has 0 atom stereocenters. The SMILES string of the molecule is CN(C)CCO.O. The number of hydrogen-bond donors (Lipinski definition) is 1. The minimum atomic E-state index is 0. The van der Waals surface area contributed by atoms with Crippen LogP contribution in [0.4, 0.5) is 0 Å². The van der Waals surface area contributed by atoms with Crippen LogP contribution >= 0.6 is 0 Å². The van der Waals surface area contributed by atoms with Crippen molar-refractivity contribution >= 4 is 0 Å². The van der Waals surface area contributed by atoms with Crippen LogP contribution in [0.2, 0.25) is 0 Å². The zero-order chi connectivity index (χ0) is 4.99. The van der Waals surface area contributed by atoms with Crippen molar-refractivity contribution in [3.05, 3.63) is 0 Å². The molecule has 0 saturated carbocycles. The summed E-state index contributed by atoms with van der Waals surface area (Å²) in [5.74, 6) is 0. The van der Waals surface area contributed by atoms with Crippen molar-refractivity contribution in [1.29, 1.82) is 0 Å². The maximum Gasteiger partial charge on any atom is 0.0558 e. The van der Waals surface area contributed by atoms with Crippen LogP contribution in [0.1, 0.15) is 0 Å². The summed E-state index contributed by atoms with van der Waals surface area (Å²) in [6.45, 7) is 1.02. The second-order valence-electron chi connectivity index (χ2n) is 1.53. The Bertz CT molecular complexity index is 30.9. The lowest BCUT2D eigenvalue weighted by atomic mass is 10.6. The fourth-order valence-corrected chi connectivity index (χ4v) is 0.200. The van der Waals surface area contributed by atoms with Crippen LogP contribution in [0.15, 0.2) is 0 Å². The standard InChI is InChI=1S/C4H11NO.H2O/c1-5(2)3-4-6;/h6H,3-4H2,1-2H3;1H2. The van der Waals surface area contributed by atoms with Crippen molar-refractivity contribution in [2.24, 2.45) is 0 Å². The number of likely N-dealkylation sites (N-methyl/N-ethyl adjacent to an activating group) is 1. The van der Waals surface area contributed by atoms with Gasteiger partial charge in [0.2, 0.25) is 0 Å². The lowest BCUT2D eigenvalue weighted by Gasteiger charge is -2.03. The van der Waals surface area contributed by atoms with Crippen LogP contribution in [0, 0.1) is 0 Å². The van der Waals surface area contributed by atoms with Gasteiger partial charge in [-0.3, -0.25) is 0 Å². The molecule has 0 unspecified atom stereocenters. The summed E-state index contributed by atoms with van der Waals surface area (Å²) in [5, 5.41) is 8.20. The van der Waals surface area contributed by atoms with Gasteiger partial charge < -0.3 is 15.5 Å². The number of aliphatic hydroxyl groups is 1. The highest BCUT2D eigenvalue weighted by atomic mass is 16.3. The molecule has 0 aliphatic heterocycles. The van der Waals surface area contributed by atoms with Gasteiger partial charge in [-0.15, -0.1) is 0 Å². The average molecular weight is 107 g/mol. The zero-order valence-electron chi connectivity index (χ0n) is 4.81. The Kier molecular flexibility index (Phi) is 8.39. The van der Waals surface area contributed by atoms with E-state index in [1.54, 1.807) is 0 Å². The minimum Gasteiger partial charge on any atom is -0.412 e. The molecule has 0 heterocycles. The van der Waals surface area contributed by atoms with Crippen molar-refractivity contribution in [1.82, 2.24) is 4.90 Å². The Labute approximate surface area is 43.9 Å². The van der Waals surface area contributed by atoms with Gasteiger partial charge in [0.25, 0.3) is 0 Å². The van der Waals surface area contributed by atoms with Gasteiger partial charge in [0.1, 0.15) is 0 Å². The first-order valence-electron chi connectivity index (χ1n) is 2.03. The van der Waals surface area contributed by atoms with E-state index in [0.29, 0.717) is 0 Å². The van der Waals surface area contributed by atoms with E-state index < -0.39 is 0 Å². The van der Waals surface area contributed by atoms with Crippen LogP contribution in [-0.4, -0.2) is 42.7 Å². The van der Waals surface area contributed by atoms with E-state index >= 15 is 0 Å². The summed E-state index contributed by atoms with van der Waals surface area (Å²) in [4.78, 5) is 1.93. The van der Waals surface area contributed by atoms with Crippen molar-refractivity contribution in [2.45, 2.75) is 0 Å². The van der Waals surface area contributed by atoms with Gasteiger partial charge in [0.15, 0.2) is 0 Å². The number of nitrogens with zero attached hydrogens (tertiary/aromatic N) is 1. The van der Waals surface area contributed by atoms with Gasteiger partial charge in [0, 0.05) is 6.54 Å². The van der Waals surface area contributed by atoms with Gasteiger partial charge in [-0.1, -0.05) is 0 Å². The zero-order valence-corrected chi connectivity index (χ0v) is 4.81. The molecule has 3 N–H and O–H groups in total. The van der Waals surface area contributed by atoms with E-state index in [1.165, 1.54) is 0 Å². The van der Waals surface area contributed by atoms with Gasteiger partial charge in [-0.05, 0) is 14.1 Å². The predicted octanol–water partition coefficient (Wildman–Crippen LogP) is -1.28. The molecule has 0 amide bonds. The molecule has 0 aromatic carbocycles. The van der Waals surface area contributed by atoms with Gasteiger partial charge >= 0.3 is 0 Å². The van der Waals surface area contributed by atoms with Crippen LogP contribution in [0.5, 0.6) is 0 Å². The van der Waals surface area contributed by atoms with Crippen LogP contribution < -0.4 is 0 Å². The molecule has 0 aromatic rings. The second kappa shape index (κ2) is 5.88. The smallest absolute Gasteiger partial charge is 0.0558 e. The third-order valence-electron chi connectivity index (χ3n) is 0.547. The van der Waals surface area contributed by atoms with Crippen molar-refractivity contribution < 1.29 is 10.6 Å². The molecule has 0 saturated heterocycles. The lowest BCUT2D eigenvalue weighted by Crippen LogP contribution is -2.15. The molecule has 0 bridgehead atoms. The monoisotopic (exact) mass is 107 g/mol. The quantitative estimate of drug-likeness (QED) is 0.477. The fourth-order valence-electron chi connectivity index (χ4n) is 0.200. The molecule has 3 nitrogen and oxygen atoms in total. The second-order valence-corrected chi connectivity index (χ2v) is 1.53. The van der Waals surface area contributed by atoms with Crippen LogP contribution in [0.25, 0.3) is 0 Å². The number of rotatable bonds is 2. The van der Waals surface area contributed by atoms with E-state index in [4.69, 9.17) is 5.11 Å². The van der Waals surface area contributed by atoms with E-state index in [2.05, 4.69) is 0 Å². The molecule has 0 aromatic heterocycles. The summed E-state index contributed by atoms with van der Waals surface area (Å²) in [5.41, 5.74) is 0. The largest absolute Gasteiger partial charge is 0.412 e. The van der Waals surface area contributed by atoms with E-state index in [-0.39, 0.29) is 12.1 Å². The van der Waals surface area contributed by atoms with Gasteiger partial charge in [0.05, 0.1) is 6.61 Å². The number of aliphatic hydroxyl groups excluding tert-OH is 1. The first-order chi connectivity index (χ1) is 2.77. The lowest BCUT2D eigenvalue weighted by molar-refractivity contribution is 0.243. The molecule has 0 rings (SSSR count). The normalized spacial score (nSPS) is 8.57. The maximum atomic E-state index is 8.20. The Morgan fingerprint density at radius 2 is 1.86 bits per heavy atom. The third kappa shape index (κ3) is 10.7. The molecule has 0 spiro atoms. The Hall–Kier alpha value is -0.120. The topological polar surface area (TPSA) is 55.0 Å². The summed E-state index contributed by atoms with van der Waals surface area (Å²) in [6, 6.07) is 0. The van der Waals surface area contributed by atoms with Crippen molar-refractivity contribution in [3.8, 4) is 0 Å². The molecule has 3 heteroatoms. The van der Waals surface area contributed by atoms with Crippen molar-refractivity contribution in [2.75, 3.05) is 27.2 Å². The molecular weight excluding hydrogens is 94.0 g/mol. The highest BCUT2D eigenvalue weighted by Gasteiger charge is 1.80. The van der Waals surface area contributed by atoms with Gasteiger partial charge in [-0.2, -0.15) is 0 Å². The molecule has 46 valence electrons. The maximum absolute atomic E-state index is 8.20. The molecular formula is C4H13NO2. The first kappa shape index (κ1) is 9.99. The van der Waals surface area contributed by atoms with Crippen molar-refractivity contribution in [3.63, 3.8) is 0 Å². The van der Waals surface area contributed by atoms with Crippen LogP contribution in [-0.2, 0) is 0 Å². The van der Waals surface area contributed by atoms with E-state index in [9.17, 15) is 0 Å². The van der Waals surface area contributed by atoms with E-state index in [1.807, 2.05) is 19.0 Å². The van der Waals surface area contributed by atoms with Gasteiger partial charge in [-0.25, -0.2) is 0 Å². The number of hydrogen-bond acceptors (Lipinski definition) is 2. The first-order valence-corrected chi connectivity index (χ1v) is 2.03. The average Bonchev–Trinajstić information content (AvgIpc) is 1.35. The minimum absolute atomic E-state index is 0. The molecule has 7 heavy (non-hydrogen) atoms. The summed E-state index contributed by atoms with van der Waals surface area (Å²) >= 11 is 0. The van der Waals surface area contributed by atoms with Crippen LogP contribution in [0.3, 0.4) is 0 Å². The predicted molar refractivity (Wildman–Crippen MR) is 29.3 cm³/mol. The molecule has 0 aliphatic carbocycles. The molecule has 0 aliphatic rings. The Morgan fingerprint density at radius 1 is 1.43 bits per heavy atom. The summed E-state index contributed by atoms with van der Waals surface area (Å²) in [6.07, 6.45) is 0. The van der Waals surface area contributed by atoms with E-state index in [0.717, 1.165) is 6.54 Å². The highest BCUT2D eigenvalue weighted by Crippen LogP contribution is 1.66.